The molecule has 0 aromatic carbocycles. The maximum absolute atomic E-state index is 5.94. The maximum atomic E-state index is 5.94. The Morgan fingerprint density at radius 1 is 1.59 bits per heavy atom. The van der Waals surface area contributed by atoms with Crippen LogP contribution in [-0.4, -0.2) is 48.8 Å². The van der Waals surface area contributed by atoms with Crippen LogP contribution in [0, 0.1) is 6.92 Å². The van der Waals surface area contributed by atoms with Crippen molar-refractivity contribution in [3.63, 3.8) is 0 Å². The number of halogens is 1. The Balaban J connectivity index is 2.27. The van der Waals surface area contributed by atoms with E-state index in [2.05, 4.69) is 14.9 Å². The van der Waals surface area contributed by atoms with Gasteiger partial charge in [0.25, 0.3) is 0 Å². The van der Waals surface area contributed by atoms with Gasteiger partial charge in [0.2, 0.25) is 5.88 Å². The first-order valence-electron chi connectivity index (χ1n) is 5.54. The minimum atomic E-state index is 0.157. The molecule has 0 amide bonds. The molecule has 0 radical (unpaired) electrons. The third kappa shape index (κ3) is 2.79. The van der Waals surface area contributed by atoms with Gasteiger partial charge in [0.05, 0.1) is 26.4 Å². The normalized spacial score (nSPS) is 20.4. The molecule has 1 aliphatic rings. The molecule has 1 fully saturated rings. The quantitative estimate of drug-likeness (QED) is 0.763. The Labute approximate surface area is 106 Å². The molecule has 5 nitrogen and oxygen atoms in total. The molecule has 1 atom stereocenters. The third-order valence-electron chi connectivity index (χ3n) is 2.71. The van der Waals surface area contributed by atoms with E-state index >= 15 is 0 Å². The van der Waals surface area contributed by atoms with E-state index in [1.54, 1.807) is 7.11 Å². The van der Waals surface area contributed by atoms with Gasteiger partial charge in [0.1, 0.15) is 11.6 Å². The number of hydrogen-bond donors (Lipinski definition) is 0. The van der Waals surface area contributed by atoms with Crippen LogP contribution in [0.3, 0.4) is 0 Å². The highest BCUT2D eigenvalue weighted by molar-refractivity contribution is 6.18. The fraction of sp³-hybridized carbons (Fsp3) is 0.636. The summed E-state index contributed by atoms with van der Waals surface area (Å²) in [6, 6.07) is 1.99. The number of ether oxygens (including phenoxy) is 2. The molecule has 2 heterocycles. The smallest absolute Gasteiger partial charge is 0.218 e. The molecule has 1 aromatic heterocycles. The Bertz CT molecular complexity index is 389. The van der Waals surface area contributed by atoms with Crippen LogP contribution in [0.5, 0.6) is 5.88 Å². The monoisotopic (exact) mass is 257 g/mol. The molecule has 1 saturated heterocycles. The second-order valence-electron chi connectivity index (χ2n) is 3.89. The fourth-order valence-corrected chi connectivity index (χ4v) is 2.12. The largest absolute Gasteiger partial charge is 0.481 e. The lowest BCUT2D eigenvalue weighted by atomic mass is 10.2. The summed E-state index contributed by atoms with van der Waals surface area (Å²) in [6.07, 6.45) is 0. The lowest BCUT2D eigenvalue weighted by Gasteiger charge is -2.35. The summed E-state index contributed by atoms with van der Waals surface area (Å²) in [5.74, 6) is 2.64. The Morgan fingerprint density at radius 2 is 2.41 bits per heavy atom. The van der Waals surface area contributed by atoms with E-state index in [0.717, 1.165) is 12.4 Å². The molecule has 1 aromatic rings. The van der Waals surface area contributed by atoms with Crippen molar-refractivity contribution in [1.82, 2.24) is 9.97 Å². The molecular weight excluding hydrogens is 242 g/mol. The molecule has 2 rings (SSSR count). The van der Waals surface area contributed by atoms with Gasteiger partial charge in [-0.3, -0.25) is 0 Å². The molecule has 0 spiro atoms. The molecule has 6 heteroatoms. The van der Waals surface area contributed by atoms with E-state index in [1.807, 2.05) is 13.0 Å². The zero-order valence-electron chi connectivity index (χ0n) is 10.0. The van der Waals surface area contributed by atoms with E-state index in [-0.39, 0.29) is 6.04 Å². The number of anilines is 1. The van der Waals surface area contributed by atoms with E-state index in [4.69, 9.17) is 21.1 Å². The van der Waals surface area contributed by atoms with Gasteiger partial charge in [-0.2, -0.15) is 4.98 Å². The zero-order valence-corrected chi connectivity index (χ0v) is 10.8. The average Bonchev–Trinajstić information content (AvgIpc) is 2.37. The first-order chi connectivity index (χ1) is 8.24. The molecule has 94 valence electrons. The third-order valence-corrected chi connectivity index (χ3v) is 3.07. The number of aryl methyl sites for hydroxylation is 1. The van der Waals surface area contributed by atoms with Gasteiger partial charge >= 0.3 is 0 Å². The minimum absolute atomic E-state index is 0.157. The Hall–Kier alpha value is -1.07. The van der Waals surface area contributed by atoms with Gasteiger partial charge in [-0.1, -0.05) is 0 Å². The van der Waals surface area contributed by atoms with Crippen molar-refractivity contribution >= 4 is 17.4 Å². The zero-order chi connectivity index (χ0) is 12.3. The SMILES string of the molecule is COc1cc(N2CCOCC2CCl)nc(C)n1. The lowest BCUT2D eigenvalue weighted by Crippen LogP contribution is -2.47. The van der Waals surface area contributed by atoms with E-state index < -0.39 is 0 Å². The topological polar surface area (TPSA) is 47.5 Å². The van der Waals surface area contributed by atoms with Gasteiger partial charge in [-0.15, -0.1) is 11.6 Å². The molecule has 0 N–H and O–H groups in total. The predicted octanol–water partition coefficient (Wildman–Crippen LogP) is 1.24. The van der Waals surface area contributed by atoms with Crippen LogP contribution in [0.15, 0.2) is 6.07 Å². The van der Waals surface area contributed by atoms with Crippen LogP contribution >= 0.6 is 11.6 Å². The summed E-state index contributed by atoms with van der Waals surface area (Å²) in [5, 5.41) is 0. The maximum Gasteiger partial charge on any atom is 0.218 e. The van der Waals surface area contributed by atoms with Gasteiger partial charge in [-0.25, -0.2) is 4.98 Å². The molecular formula is C11H16ClN3O2. The number of morpholine rings is 1. The van der Waals surface area contributed by atoms with E-state index in [1.165, 1.54) is 0 Å². The second-order valence-corrected chi connectivity index (χ2v) is 4.20. The van der Waals surface area contributed by atoms with Gasteiger partial charge < -0.3 is 14.4 Å². The highest BCUT2D eigenvalue weighted by Crippen LogP contribution is 2.21. The van der Waals surface area contributed by atoms with Gasteiger partial charge in [0.15, 0.2) is 0 Å². The Kier molecular flexibility index (Phi) is 4.02. The number of methoxy groups -OCH3 is 1. The number of rotatable bonds is 3. The van der Waals surface area contributed by atoms with Crippen LogP contribution in [0.2, 0.25) is 0 Å². The number of aromatic nitrogens is 2. The van der Waals surface area contributed by atoms with Crippen LogP contribution in [0.4, 0.5) is 5.82 Å². The van der Waals surface area contributed by atoms with Crippen molar-refractivity contribution in [1.29, 1.82) is 0 Å². The Morgan fingerprint density at radius 3 is 3.12 bits per heavy atom. The van der Waals surface area contributed by atoms with Crippen LogP contribution in [0.25, 0.3) is 0 Å². The van der Waals surface area contributed by atoms with Gasteiger partial charge in [-0.05, 0) is 6.92 Å². The second kappa shape index (κ2) is 5.51. The molecule has 0 saturated carbocycles. The molecule has 1 aliphatic heterocycles. The van der Waals surface area contributed by atoms with E-state index in [9.17, 15) is 0 Å². The standard InChI is InChI=1S/C11H16ClN3O2/c1-8-13-10(5-11(14-8)16-2)15-3-4-17-7-9(15)6-12/h5,9H,3-4,6-7H2,1-2H3. The summed E-state index contributed by atoms with van der Waals surface area (Å²) >= 11 is 5.94. The van der Waals surface area contributed by atoms with Crippen molar-refractivity contribution in [3.05, 3.63) is 11.9 Å². The van der Waals surface area contributed by atoms with Crippen molar-refractivity contribution in [2.75, 3.05) is 37.6 Å². The van der Waals surface area contributed by atoms with Crippen molar-refractivity contribution in [2.24, 2.45) is 0 Å². The van der Waals surface area contributed by atoms with E-state index in [0.29, 0.717) is 30.8 Å². The summed E-state index contributed by atoms with van der Waals surface area (Å²) in [4.78, 5) is 10.7. The average molecular weight is 258 g/mol. The van der Waals surface area contributed by atoms with Crippen LogP contribution < -0.4 is 9.64 Å². The summed E-state index contributed by atoms with van der Waals surface area (Å²) in [7, 11) is 1.60. The van der Waals surface area contributed by atoms with Crippen molar-refractivity contribution < 1.29 is 9.47 Å². The number of nitrogens with zero attached hydrogens (tertiary/aromatic N) is 3. The van der Waals surface area contributed by atoms with Crippen LogP contribution in [0.1, 0.15) is 5.82 Å². The summed E-state index contributed by atoms with van der Waals surface area (Å²) in [5.41, 5.74) is 0. The number of alkyl halides is 1. The first-order valence-corrected chi connectivity index (χ1v) is 6.08. The van der Waals surface area contributed by atoms with Crippen molar-refractivity contribution in [2.45, 2.75) is 13.0 Å². The molecule has 1 unspecified atom stereocenters. The van der Waals surface area contributed by atoms with Crippen LogP contribution in [-0.2, 0) is 4.74 Å². The van der Waals surface area contributed by atoms with Gasteiger partial charge in [0, 0.05) is 18.5 Å². The highest BCUT2D eigenvalue weighted by atomic mass is 35.5. The van der Waals surface area contributed by atoms with Crippen molar-refractivity contribution in [3.8, 4) is 5.88 Å². The summed E-state index contributed by atoms with van der Waals surface area (Å²) in [6.45, 7) is 3.97. The minimum Gasteiger partial charge on any atom is -0.481 e. The highest BCUT2D eigenvalue weighted by Gasteiger charge is 2.24. The summed E-state index contributed by atoms with van der Waals surface area (Å²) < 4.78 is 10.6. The first kappa shape index (κ1) is 12.4. The number of hydrogen-bond acceptors (Lipinski definition) is 5. The lowest BCUT2D eigenvalue weighted by molar-refractivity contribution is 0.0993. The molecule has 17 heavy (non-hydrogen) atoms. The molecule has 0 bridgehead atoms. The predicted molar refractivity (Wildman–Crippen MR) is 66.0 cm³/mol. The molecule has 0 aliphatic carbocycles. The fourth-order valence-electron chi connectivity index (χ4n) is 1.86.